The summed E-state index contributed by atoms with van der Waals surface area (Å²) in [6.45, 7) is 3.61. The number of hydrogen-bond acceptors (Lipinski definition) is 5. The summed E-state index contributed by atoms with van der Waals surface area (Å²) in [4.78, 5) is 11.0. The zero-order chi connectivity index (χ0) is 13.9. The Morgan fingerprint density at radius 2 is 2.15 bits per heavy atom. The third-order valence-electron chi connectivity index (χ3n) is 3.71. The van der Waals surface area contributed by atoms with E-state index in [2.05, 4.69) is 46.1 Å². The molecule has 4 rings (SSSR count). The molecule has 4 heterocycles. The van der Waals surface area contributed by atoms with Gasteiger partial charge in [-0.15, -0.1) is 0 Å². The molecule has 0 spiro atoms. The van der Waals surface area contributed by atoms with Crippen LogP contribution in [-0.2, 0) is 20.1 Å². The van der Waals surface area contributed by atoms with E-state index in [1.54, 1.807) is 11.0 Å². The Morgan fingerprint density at radius 3 is 2.95 bits per heavy atom. The molecule has 0 atom stereocenters. The number of H-pyrrole nitrogens is 1. The maximum Gasteiger partial charge on any atom is 0.164 e. The number of aromatic amines is 1. The molecule has 0 fully saturated rings. The van der Waals surface area contributed by atoms with Crippen molar-refractivity contribution in [1.82, 2.24) is 29.9 Å². The van der Waals surface area contributed by atoms with Crippen molar-refractivity contribution < 1.29 is 0 Å². The van der Waals surface area contributed by atoms with Crippen molar-refractivity contribution in [3.63, 3.8) is 0 Å². The van der Waals surface area contributed by atoms with Crippen LogP contribution in [0.3, 0.4) is 0 Å². The van der Waals surface area contributed by atoms with Gasteiger partial charge in [0.2, 0.25) is 0 Å². The summed E-state index contributed by atoms with van der Waals surface area (Å²) in [5.41, 5.74) is 4.30. The molecule has 1 aliphatic heterocycles. The van der Waals surface area contributed by atoms with Gasteiger partial charge in [-0.2, -0.15) is 10.2 Å². The Bertz CT molecular complexity index is 819. The fraction of sp³-hybridized carbons (Fsp3) is 0.333. The van der Waals surface area contributed by atoms with Crippen molar-refractivity contribution in [3.8, 4) is 0 Å². The molecule has 1 aliphatic rings. The van der Waals surface area contributed by atoms with E-state index in [0.717, 1.165) is 45.9 Å². The van der Waals surface area contributed by atoms with Crippen molar-refractivity contribution in [2.45, 2.75) is 20.0 Å². The normalized spacial score (nSPS) is 14.2. The third kappa shape index (κ3) is 1.51. The first kappa shape index (κ1) is 11.8. The van der Waals surface area contributed by atoms with Gasteiger partial charge in [-0.25, -0.2) is 14.6 Å². The molecule has 3 aromatic rings. The van der Waals surface area contributed by atoms with Crippen molar-refractivity contribution in [2.75, 3.05) is 4.90 Å². The minimum absolute atomic E-state index is 0.757. The van der Waals surface area contributed by atoms with Crippen molar-refractivity contribution in [3.05, 3.63) is 27.9 Å². The first-order chi connectivity index (χ1) is 9.65. The van der Waals surface area contributed by atoms with Gasteiger partial charge in [-0.1, -0.05) is 0 Å². The summed E-state index contributed by atoms with van der Waals surface area (Å²) in [6.07, 6.45) is 1.58. The summed E-state index contributed by atoms with van der Waals surface area (Å²) in [5.74, 6) is 0.896. The number of anilines is 1. The molecular weight excluding hydrogens is 322 g/mol. The van der Waals surface area contributed by atoms with E-state index in [-0.39, 0.29) is 0 Å². The fourth-order valence-electron chi connectivity index (χ4n) is 2.69. The van der Waals surface area contributed by atoms with Crippen LogP contribution in [0.5, 0.6) is 0 Å². The lowest BCUT2D eigenvalue weighted by molar-refractivity contribution is 0.777. The Balaban J connectivity index is 1.85. The van der Waals surface area contributed by atoms with Crippen LogP contribution in [0.1, 0.15) is 17.0 Å². The predicted octanol–water partition coefficient (Wildman–Crippen LogP) is 1.68. The maximum absolute atomic E-state index is 4.45. The summed E-state index contributed by atoms with van der Waals surface area (Å²) in [5, 5.41) is 12.7. The first-order valence-electron chi connectivity index (χ1n) is 6.26. The molecule has 7 nitrogen and oxygen atoms in total. The topological polar surface area (TPSA) is 75.5 Å². The van der Waals surface area contributed by atoms with Gasteiger partial charge in [0.1, 0.15) is 16.7 Å². The number of fused-ring (bicyclic) bond motifs is 2. The Morgan fingerprint density at radius 1 is 1.30 bits per heavy atom. The van der Waals surface area contributed by atoms with Gasteiger partial charge < -0.3 is 4.90 Å². The minimum Gasteiger partial charge on any atom is -0.345 e. The fourth-order valence-corrected chi connectivity index (χ4v) is 3.28. The highest BCUT2D eigenvalue weighted by Crippen LogP contribution is 2.34. The quantitative estimate of drug-likeness (QED) is 0.733. The number of aryl methyl sites for hydroxylation is 2. The average Bonchev–Trinajstić information content (AvgIpc) is 3.07. The van der Waals surface area contributed by atoms with Gasteiger partial charge in [0.25, 0.3) is 0 Å². The first-order valence-corrected chi connectivity index (χ1v) is 7.05. The van der Waals surface area contributed by atoms with Crippen molar-refractivity contribution >= 4 is 32.8 Å². The van der Waals surface area contributed by atoms with Crippen LogP contribution in [0, 0.1) is 6.92 Å². The van der Waals surface area contributed by atoms with Gasteiger partial charge in [0.15, 0.2) is 5.65 Å². The van der Waals surface area contributed by atoms with Gasteiger partial charge in [0, 0.05) is 24.8 Å². The standard InChI is InChI=1S/C12H12BrN7/c1-6-7-3-20(4-8(7)17-16-6)12-9-10(13)18-19(2)11(9)14-5-15-12/h5H,3-4H2,1-2H3,(H,16,17). The van der Waals surface area contributed by atoms with E-state index in [0.29, 0.717) is 0 Å². The molecule has 102 valence electrons. The Hall–Kier alpha value is -1.96. The van der Waals surface area contributed by atoms with Crippen molar-refractivity contribution in [2.24, 2.45) is 7.05 Å². The van der Waals surface area contributed by atoms with E-state index >= 15 is 0 Å². The van der Waals surface area contributed by atoms with Crippen LogP contribution in [0.25, 0.3) is 11.0 Å². The smallest absolute Gasteiger partial charge is 0.164 e. The SMILES string of the molecule is Cc1[nH]nc2c1CN(c1ncnc3c1c(Br)nn3C)C2. The van der Waals surface area contributed by atoms with Crippen LogP contribution in [0.15, 0.2) is 10.9 Å². The van der Waals surface area contributed by atoms with Gasteiger partial charge >= 0.3 is 0 Å². The van der Waals surface area contributed by atoms with Crippen LogP contribution >= 0.6 is 15.9 Å². The van der Waals surface area contributed by atoms with Gasteiger partial charge in [0.05, 0.1) is 17.6 Å². The summed E-state index contributed by atoms with van der Waals surface area (Å²) >= 11 is 3.50. The molecule has 8 heteroatoms. The molecule has 0 unspecified atom stereocenters. The van der Waals surface area contributed by atoms with E-state index in [4.69, 9.17) is 0 Å². The molecule has 0 aromatic carbocycles. The van der Waals surface area contributed by atoms with Gasteiger partial charge in [-0.3, -0.25) is 5.10 Å². The predicted molar refractivity (Wildman–Crippen MR) is 77.2 cm³/mol. The van der Waals surface area contributed by atoms with E-state index in [1.165, 1.54) is 5.56 Å². The average molecular weight is 334 g/mol. The maximum atomic E-state index is 4.45. The lowest BCUT2D eigenvalue weighted by Gasteiger charge is -2.17. The van der Waals surface area contributed by atoms with Crippen LogP contribution in [0.4, 0.5) is 5.82 Å². The Kier molecular flexibility index (Phi) is 2.38. The second kappa shape index (κ2) is 4.02. The van der Waals surface area contributed by atoms with Crippen LogP contribution in [-0.4, -0.2) is 29.9 Å². The molecule has 0 saturated carbocycles. The largest absolute Gasteiger partial charge is 0.345 e. The molecular formula is C12H12BrN7. The molecule has 0 amide bonds. The van der Waals surface area contributed by atoms with Crippen LogP contribution in [0.2, 0.25) is 0 Å². The minimum atomic E-state index is 0.757. The molecule has 0 saturated heterocycles. The molecule has 0 aliphatic carbocycles. The number of rotatable bonds is 1. The number of nitrogens with one attached hydrogen (secondary N) is 1. The lowest BCUT2D eigenvalue weighted by atomic mass is 10.2. The summed E-state index contributed by atoms with van der Waals surface area (Å²) in [6, 6.07) is 0. The second-order valence-corrected chi connectivity index (χ2v) is 5.69. The van der Waals surface area contributed by atoms with E-state index in [9.17, 15) is 0 Å². The molecule has 20 heavy (non-hydrogen) atoms. The van der Waals surface area contributed by atoms with Gasteiger partial charge in [-0.05, 0) is 22.9 Å². The number of halogens is 1. The third-order valence-corrected chi connectivity index (χ3v) is 4.26. The molecule has 0 bridgehead atoms. The van der Waals surface area contributed by atoms with Crippen LogP contribution < -0.4 is 4.90 Å². The highest BCUT2D eigenvalue weighted by atomic mass is 79.9. The summed E-state index contributed by atoms with van der Waals surface area (Å²) in [7, 11) is 1.88. The second-order valence-electron chi connectivity index (χ2n) is 4.94. The Labute approximate surface area is 123 Å². The summed E-state index contributed by atoms with van der Waals surface area (Å²) < 4.78 is 2.53. The van der Waals surface area contributed by atoms with Crippen molar-refractivity contribution in [1.29, 1.82) is 0 Å². The monoisotopic (exact) mass is 333 g/mol. The molecule has 3 aromatic heterocycles. The number of aromatic nitrogens is 6. The highest BCUT2D eigenvalue weighted by molar-refractivity contribution is 9.10. The number of nitrogens with zero attached hydrogens (tertiary/aromatic N) is 6. The molecule has 1 N–H and O–H groups in total. The van der Waals surface area contributed by atoms with E-state index < -0.39 is 0 Å². The zero-order valence-electron chi connectivity index (χ0n) is 11.1. The lowest BCUT2D eigenvalue weighted by Crippen LogP contribution is -2.17. The van der Waals surface area contributed by atoms with E-state index in [1.807, 2.05) is 14.0 Å². The highest BCUT2D eigenvalue weighted by Gasteiger charge is 2.27. The number of hydrogen-bond donors (Lipinski definition) is 1. The molecule has 0 radical (unpaired) electrons. The zero-order valence-corrected chi connectivity index (χ0v) is 12.6.